The molecule has 0 aromatic heterocycles. The standard InChI is InChI=1S/C11H22N2S2/c1-10(2,12-8-14)6-5-7-11(3,4)13-9-15/h8-9H,5-7H2,1-4H3,(H,12,14)(H,13,15). The highest BCUT2D eigenvalue weighted by Crippen LogP contribution is 2.17. The first-order valence-electron chi connectivity index (χ1n) is 5.26. The summed E-state index contributed by atoms with van der Waals surface area (Å²) in [6.45, 7) is 8.65. The van der Waals surface area contributed by atoms with Gasteiger partial charge < -0.3 is 10.6 Å². The summed E-state index contributed by atoms with van der Waals surface area (Å²) in [6, 6.07) is 0. The number of hydrogen-bond acceptors (Lipinski definition) is 2. The molecule has 0 rings (SSSR count). The molecule has 0 aliphatic rings. The van der Waals surface area contributed by atoms with E-state index in [1.54, 1.807) is 11.0 Å². The van der Waals surface area contributed by atoms with Crippen LogP contribution in [0.4, 0.5) is 0 Å². The van der Waals surface area contributed by atoms with Crippen LogP contribution < -0.4 is 10.6 Å². The molecule has 0 unspecified atom stereocenters. The lowest BCUT2D eigenvalue weighted by molar-refractivity contribution is 0.356. The van der Waals surface area contributed by atoms with E-state index in [0.29, 0.717) is 0 Å². The first-order valence-corrected chi connectivity index (χ1v) is 6.20. The fraction of sp³-hybridized carbons (Fsp3) is 0.818. The zero-order valence-electron chi connectivity index (χ0n) is 10.1. The average molecular weight is 246 g/mol. The molecule has 0 bridgehead atoms. The predicted octanol–water partition coefficient (Wildman–Crippen LogP) is 2.81. The molecule has 0 atom stereocenters. The maximum Gasteiger partial charge on any atom is 0.0618 e. The summed E-state index contributed by atoms with van der Waals surface area (Å²) in [4.78, 5) is 0. The van der Waals surface area contributed by atoms with E-state index in [1.807, 2.05) is 0 Å². The van der Waals surface area contributed by atoms with Crippen molar-refractivity contribution in [2.24, 2.45) is 0 Å². The third-order valence-electron chi connectivity index (χ3n) is 2.50. The zero-order valence-corrected chi connectivity index (χ0v) is 11.7. The molecule has 15 heavy (non-hydrogen) atoms. The highest BCUT2D eigenvalue weighted by atomic mass is 32.1. The van der Waals surface area contributed by atoms with Crippen LogP contribution in [0.5, 0.6) is 0 Å². The Morgan fingerprint density at radius 2 is 1.20 bits per heavy atom. The zero-order chi connectivity index (χ0) is 11.9. The molecule has 0 spiro atoms. The first-order chi connectivity index (χ1) is 6.83. The summed E-state index contributed by atoms with van der Waals surface area (Å²) in [5.74, 6) is 0. The first kappa shape index (κ1) is 14.8. The van der Waals surface area contributed by atoms with Crippen LogP contribution in [0.2, 0.25) is 0 Å². The summed E-state index contributed by atoms with van der Waals surface area (Å²) in [6.07, 6.45) is 3.34. The smallest absolute Gasteiger partial charge is 0.0618 e. The second-order valence-corrected chi connectivity index (χ2v) is 5.62. The van der Waals surface area contributed by atoms with Gasteiger partial charge in [0.15, 0.2) is 0 Å². The van der Waals surface area contributed by atoms with Crippen molar-refractivity contribution >= 4 is 35.4 Å². The topological polar surface area (TPSA) is 24.1 Å². The van der Waals surface area contributed by atoms with Gasteiger partial charge in [-0.15, -0.1) is 0 Å². The summed E-state index contributed by atoms with van der Waals surface area (Å²) in [5, 5.41) is 6.36. The molecular weight excluding hydrogens is 224 g/mol. The lowest BCUT2D eigenvalue weighted by atomic mass is 9.91. The maximum absolute atomic E-state index is 4.80. The van der Waals surface area contributed by atoms with Crippen LogP contribution in [-0.2, 0) is 0 Å². The third-order valence-corrected chi connectivity index (χ3v) is 2.74. The largest absolute Gasteiger partial charge is 0.377 e. The molecule has 0 amide bonds. The Kier molecular flexibility index (Phi) is 6.29. The summed E-state index contributed by atoms with van der Waals surface area (Å²) < 4.78 is 0. The van der Waals surface area contributed by atoms with Crippen molar-refractivity contribution in [3.05, 3.63) is 0 Å². The molecule has 4 heteroatoms. The minimum absolute atomic E-state index is 0.0928. The number of rotatable bonds is 8. The van der Waals surface area contributed by atoms with Gasteiger partial charge in [0.2, 0.25) is 0 Å². The fourth-order valence-electron chi connectivity index (χ4n) is 1.44. The summed E-state index contributed by atoms with van der Waals surface area (Å²) >= 11 is 9.60. The van der Waals surface area contributed by atoms with Crippen molar-refractivity contribution in [2.45, 2.75) is 58.0 Å². The van der Waals surface area contributed by atoms with Crippen LogP contribution in [-0.4, -0.2) is 22.1 Å². The van der Waals surface area contributed by atoms with Gasteiger partial charge in [-0.05, 0) is 47.0 Å². The molecule has 0 aromatic rings. The van der Waals surface area contributed by atoms with E-state index in [-0.39, 0.29) is 11.1 Å². The minimum Gasteiger partial charge on any atom is -0.377 e. The number of hydrogen-bond donors (Lipinski definition) is 2. The van der Waals surface area contributed by atoms with Gasteiger partial charge >= 0.3 is 0 Å². The molecule has 0 saturated heterocycles. The Hall–Kier alpha value is -0.220. The van der Waals surface area contributed by atoms with Gasteiger partial charge in [-0.25, -0.2) is 0 Å². The SMILES string of the molecule is CC(C)(CCCC(C)(C)NC=S)NC=S. The molecule has 0 aromatic carbocycles. The minimum atomic E-state index is 0.0928. The van der Waals surface area contributed by atoms with Crippen LogP contribution in [0.3, 0.4) is 0 Å². The van der Waals surface area contributed by atoms with Crippen LogP contribution in [0, 0.1) is 0 Å². The van der Waals surface area contributed by atoms with Crippen LogP contribution in [0.25, 0.3) is 0 Å². The van der Waals surface area contributed by atoms with Crippen molar-refractivity contribution in [3.8, 4) is 0 Å². The van der Waals surface area contributed by atoms with Crippen LogP contribution in [0.1, 0.15) is 47.0 Å². The van der Waals surface area contributed by atoms with Crippen LogP contribution >= 0.6 is 24.4 Å². The van der Waals surface area contributed by atoms with Crippen molar-refractivity contribution in [2.75, 3.05) is 0 Å². The van der Waals surface area contributed by atoms with Gasteiger partial charge in [0.1, 0.15) is 0 Å². The average Bonchev–Trinajstić information content (AvgIpc) is 2.02. The molecular formula is C11H22N2S2. The third kappa shape index (κ3) is 7.68. The van der Waals surface area contributed by atoms with E-state index < -0.39 is 0 Å². The second kappa shape index (κ2) is 6.38. The van der Waals surface area contributed by atoms with Gasteiger partial charge in [0.05, 0.1) is 11.0 Å². The van der Waals surface area contributed by atoms with Crippen molar-refractivity contribution in [1.82, 2.24) is 10.6 Å². The molecule has 0 aliphatic heterocycles. The highest BCUT2D eigenvalue weighted by Gasteiger charge is 2.19. The van der Waals surface area contributed by atoms with Crippen molar-refractivity contribution in [3.63, 3.8) is 0 Å². The Bertz CT molecular complexity index is 191. The van der Waals surface area contributed by atoms with Crippen molar-refractivity contribution < 1.29 is 0 Å². The van der Waals surface area contributed by atoms with Gasteiger partial charge in [-0.3, -0.25) is 0 Å². The lowest BCUT2D eigenvalue weighted by Gasteiger charge is -2.29. The molecule has 2 N–H and O–H groups in total. The molecule has 0 radical (unpaired) electrons. The Labute approximate surface area is 104 Å². The Morgan fingerprint density at radius 1 is 0.867 bits per heavy atom. The fourth-order valence-corrected chi connectivity index (χ4v) is 2.07. The van der Waals surface area contributed by atoms with E-state index in [1.165, 1.54) is 0 Å². The molecule has 0 heterocycles. The Balaban J connectivity index is 3.87. The molecule has 0 aliphatic carbocycles. The normalized spacial score (nSPS) is 12.0. The van der Waals surface area contributed by atoms with Gasteiger partial charge in [0, 0.05) is 11.1 Å². The van der Waals surface area contributed by atoms with Gasteiger partial charge in [-0.2, -0.15) is 0 Å². The van der Waals surface area contributed by atoms with Gasteiger partial charge in [0.25, 0.3) is 0 Å². The van der Waals surface area contributed by atoms with E-state index in [2.05, 4.69) is 38.3 Å². The summed E-state index contributed by atoms with van der Waals surface area (Å²) in [7, 11) is 0. The lowest BCUT2D eigenvalue weighted by Crippen LogP contribution is -2.40. The van der Waals surface area contributed by atoms with Gasteiger partial charge in [-0.1, -0.05) is 24.4 Å². The molecule has 88 valence electrons. The van der Waals surface area contributed by atoms with Crippen LogP contribution in [0.15, 0.2) is 0 Å². The van der Waals surface area contributed by atoms with E-state index in [0.717, 1.165) is 19.3 Å². The second-order valence-electron chi connectivity index (χ2n) is 5.15. The van der Waals surface area contributed by atoms with E-state index in [9.17, 15) is 0 Å². The van der Waals surface area contributed by atoms with E-state index >= 15 is 0 Å². The predicted molar refractivity (Wildman–Crippen MR) is 75.6 cm³/mol. The number of thiocarbonyl (C=S) groups is 2. The monoisotopic (exact) mass is 246 g/mol. The number of nitrogens with one attached hydrogen (secondary N) is 2. The maximum atomic E-state index is 4.80. The highest BCUT2D eigenvalue weighted by molar-refractivity contribution is 7.79. The van der Waals surface area contributed by atoms with Crippen molar-refractivity contribution in [1.29, 1.82) is 0 Å². The molecule has 2 nitrogen and oxygen atoms in total. The molecule has 0 fully saturated rings. The molecule has 0 saturated carbocycles. The summed E-state index contributed by atoms with van der Waals surface area (Å²) in [5.41, 5.74) is 3.38. The van der Waals surface area contributed by atoms with E-state index in [4.69, 9.17) is 24.4 Å². The quantitative estimate of drug-likeness (QED) is 0.643. The Morgan fingerprint density at radius 3 is 1.47 bits per heavy atom.